The molecule has 1 fully saturated rings. The van der Waals surface area contributed by atoms with Gasteiger partial charge in [-0.1, -0.05) is 56.3 Å². The number of benzene rings is 2. The Labute approximate surface area is 255 Å². The van der Waals surface area contributed by atoms with Crippen LogP contribution in [0.2, 0.25) is 0 Å². The molecule has 2 atom stereocenters. The molecule has 11 nitrogen and oxygen atoms in total. The van der Waals surface area contributed by atoms with Gasteiger partial charge in [0.25, 0.3) is 0 Å². The van der Waals surface area contributed by atoms with E-state index >= 15 is 0 Å². The van der Waals surface area contributed by atoms with Gasteiger partial charge in [0.2, 0.25) is 11.7 Å². The minimum atomic E-state index is -0.914. The number of alkyl carbamates (subject to hydrolysis) is 1. The third-order valence-corrected chi connectivity index (χ3v) is 8.49. The fourth-order valence-corrected chi connectivity index (χ4v) is 6.23. The van der Waals surface area contributed by atoms with Crippen LogP contribution in [-0.4, -0.2) is 60.4 Å². The Morgan fingerprint density at radius 2 is 1.74 bits per heavy atom. The van der Waals surface area contributed by atoms with Crippen molar-refractivity contribution in [2.45, 2.75) is 63.6 Å². The van der Waals surface area contributed by atoms with E-state index in [9.17, 15) is 14.4 Å². The molecule has 0 bridgehead atoms. The zero-order valence-corrected chi connectivity index (χ0v) is 25.5. The molecule has 1 saturated heterocycles. The molecule has 230 valence electrons. The van der Waals surface area contributed by atoms with E-state index in [0.717, 1.165) is 10.3 Å². The number of fused-ring (bicyclic) bond motifs is 1. The fraction of sp³-hybridized carbons (Fsp3) is 0.452. The number of thiazole rings is 1. The molecule has 7 N–H and O–H groups in total. The first kappa shape index (κ1) is 31.9. The topological polar surface area (TPSA) is 171 Å². The maximum atomic E-state index is 13.7. The SMILES string of the molecule is CC(C)C[C@H](NC(=O)OC1(c2ccccc2)CCNCC1)C(=O)N[C@@H](CCCNC(=N)N)C(=O)c1nc2ccccc2s1. The van der Waals surface area contributed by atoms with Crippen LogP contribution in [0.15, 0.2) is 54.6 Å². The molecule has 12 heteroatoms. The smallest absolute Gasteiger partial charge is 0.408 e. The van der Waals surface area contributed by atoms with E-state index in [1.807, 2.05) is 68.4 Å². The molecule has 0 saturated carbocycles. The van der Waals surface area contributed by atoms with E-state index in [1.165, 1.54) is 11.3 Å². The summed E-state index contributed by atoms with van der Waals surface area (Å²) in [5.74, 6) is -0.860. The van der Waals surface area contributed by atoms with Gasteiger partial charge >= 0.3 is 6.09 Å². The largest absolute Gasteiger partial charge is 0.438 e. The highest BCUT2D eigenvalue weighted by molar-refractivity contribution is 7.20. The molecule has 2 amide bonds. The predicted octanol–water partition coefficient (Wildman–Crippen LogP) is 3.65. The van der Waals surface area contributed by atoms with Gasteiger partial charge in [-0.2, -0.15) is 0 Å². The van der Waals surface area contributed by atoms with Gasteiger partial charge < -0.3 is 31.7 Å². The van der Waals surface area contributed by atoms with Crippen molar-refractivity contribution in [3.63, 3.8) is 0 Å². The number of hydrogen-bond acceptors (Lipinski definition) is 8. The summed E-state index contributed by atoms with van der Waals surface area (Å²) in [6.07, 6.45) is 1.67. The number of ketones is 1. The number of nitrogens with one attached hydrogen (secondary N) is 5. The average Bonchev–Trinajstić information content (AvgIpc) is 3.43. The fourth-order valence-electron chi connectivity index (χ4n) is 5.27. The summed E-state index contributed by atoms with van der Waals surface area (Å²) >= 11 is 1.27. The summed E-state index contributed by atoms with van der Waals surface area (Å²) in [6, 6.07) is 15.4. The number of ether oxygens (including phenoxy) is 1. The Morgan fingerprint density at radius 3 is 2.42 bits per heavy atom. The highest BCUT2D eigenvalue weighted by Gasteiger charge is 2.39. The number of Topliss-reactive ketones (excluding diaryl/α,β-unsaturated/α-hetero) is 1. The third kappa shape index (κ3) is 8.74. The lowest BCUT2D eigenvalue weighted by Gasteiger charge is -2.38. The van der Waals surface area contributed by atoms with Gasteiger partial charge in [-0.3, -0.25) is 15.0 Å². The molecule has 0 spiro atoms. The standard InChI is InChI=1S/C31H41N7O4S/c1-20(2)19-24(38-30(41)42-31(14-17-34-18-15-31)21-9-4-3-5-10-21)27(40)36-23(12-8-16-35-29(32)33)26(39)28-37-22-11-6-7-13-25(22)43-28/h3-7,9-11,13,20,23-24,34H,8,12,14-19H2,1-2H3,(H,36,40)(H,38,41)(H4,32,33,35)/t23-,24-/m0/s1. The number of hydrogen-bond donors (Lipinski definition) is 6. The molecular weight excluding hydrogens is 566 g/mol. The van der Waals surface area contributed by atoms with Crippen molar-refractivity contribution < 1.29 is 19.1 Å². The Hall–Kier alpha value is -4.03. The zero-order valence-electron chi connectivity index (χ0n) is 24.7. The van der Waals surface area contributed by atoms with E-state index in [-0.39, 0.29) is 17.7 Å². The summed E-state index contributed by atoms with van der Waals surface area (Å²) in [7, 11) is 0. The lowest BCUT2D eigenvalue weighted by molar-refractivity contribution is -0.124. The van der Waals surface area contributed by atoms with Gasteiger partial charge in [-0.25, -0.2) is 9.78 Å². The first-order chi connectivity index (χ1) is 20.7. The summed E-state index contributed by atoms with van der Waals surface area (Å²) in [5.41, 5.74) is 6.23. The second kappa shape index (κ2) is 14.9. The zero-order chi connectivity index (χ0) is 30.8. The van der Waals surface area contributed by atoms with Crippen molar-refractivity contribution in [2.75, 3.05) is 19.6 Å². The van der Waals surface area contributed by atoms with Crippen molar-refractivity contribution in [3.05, 3.63) is 65.2 Å². The number of aromatic nitrogens is 1. The number of piperidine rings is 1. The van der Waals surface area contributed by atoms with E-state index in [4.69, 9.17) is 15.9 Å². The molecule has 0 unspecified atom stereocenters. The van der Waals surface area contributed by atoms with Gasteiger partial charge in [0, 0.05) is 19.4 Å². The first-order valence-corrected chi connectivity index (χ1v) is 15.5. The molecule has 1 aromatic heterocycles. The summed E-state index contributed by atoms with van der Waals surface area (Å²) in [4.78, 5) is 45.2. The van der Waals surface area contributed by atoms with E-state index < -0.39 is 29.7 Å². The van der Waals surface area contributed by atoms with Crippen molar-refractivity contribution in [2.24, 2.45) is 11.7 Å². The molecular formula is C31H41N7O4S. The Bertz CT molecular complexity index is 1370. The molecule has 4 rings (SSSR count). The predicted molar refractivity (Wildman–Crippen MR) is 168 cm³/mol. The van der Waals surface area contributed by atoms with Crippen molar-refractivity contribution in [1.82, 2.24) is 26.3 Å². The van der Waals surface area contributed by atoms with Crippen molar-refractivity contribution in [3.8, 4) is 0 Å². The number of rotatable bonds is 13. The van der Waals surface area contributed by atoms with Gasteiger partial charge in [-0.05, 0) is 56.0 Å². The lowest BCUT2D eigenvalue weighted by Crippen LogP contribution is -2.53. The monoisotopic (exact) mass is 607 g/mol. The molecule has 43 heavy (non-hydrogen) atoms. The quantitative estimate of drug-likeness (QED) is 0.0740. The number of amides is 2. The van der Waals surface area contributed by atoms with Crippen LogP contribution in [0.25, 0.3) is 10.2 Å². The van der Waals surface area contributed by atoms with Gasteiger partial charge in [0.1, 0.15) is 11.6 Å². The molecule has 2 heterocycles. The number of carbonyl (C=O) groups excluding carboxylic acids is 3. The van der Waals surface area contributed by atoms with E-state index in [2.05, 4.69) is 26.3 Å². The second-order valence-corrected chi connectivity index (χ2v) is 12.3. The van der Waals surface area contributed by atoms with Crippen LogP contribution in [0.4, 0.5) is 4.79 Å². The highest BCUT2D eigenvalue weighted by atomic mass is 32.1. The number of guanidine groups is 1. The number of nitrogens with zero attached hydrogens (tertiary/aromatic N) is 1. The summed E-state index contributed by atoms with van der Waals surface area (Å²) < 4.78 is 6.98. The van der Waals surface area contributed by atoms with Gasteiger partial charge in [0.05, 0.1) is 16.3 Å². The second-order valence-electron chi connectivity index (χ2n) is 11.2. The summed E-state index contributed by atoms with van der Waals surface area (Å²) in [6.45, 7) is 5.69. The third-order valence-electron chi connectivity index (χ3n) is 7.44. The molecule has 2 aromatic carbocycles. The minimum absolute atomic E-state index is 0.0798. The number of para-hydroxylation sites is 1. The maximum absolute atomic E-state index is 13.7. The van der Waals surface area contributed by atoms with Crippen LogP contribution >= 0.6 is 11.3 Å². The number of carbonyl (C=O) groups is 3. The van der Waals surface area contributed by atoms with Crippen LogP contribution in [-0.2, 0) is 15.1 Å². The Kier molecular flexibility index (Phi) is 11.1. The molecule has 1 aliphatic heterocycles. The minimum Gasteiger partial charge on any atom is -0.438 e. The molecule has 1 aliphatic rings. The normalized spacial score (nSPS) is 15.8. The van der Waals surface area contributed by atoms with Crippen molar-refractivity contribution >= 4 is 45.3 Å². The average molecular weight is 608 g/mol. The van der Waals surface area contributed by atoms with Gasteiger partial charge in [0.15, 0.2) is 11.0 Å². The molecule has 0 aliphatic carbocycles. The van der Waals surface area contributed by atoms with Crippen LogP contribution < -0.4 is 27.0 Å². The van der Waals surface area contributed by atoms with Gasteiger partial charge in [-0.15, -0.1) is 11.3 Å². The van der Waals surface area contributed by atoms with Crippen LogP contribution in [0.1, 0.15) is 61.3 Å². The maximum Gasteiger partial charge on any atom is 0.408 e. The number of nitrogens with two attached hydrogens (primary N) is 1. The van der Waals surface area contributed by atoms with Crippen LogP contribution in [0, 0.1) is 11.3 Å². The summed E-state index contributed by atoms with van der Waals surface area (Å²) in [5, 5.41) is 19.4. The molecule has 0 radical (unpaired) electrons. The Balaban J connectivity index is 1.50. The van der Waals surface area contributed by atoms with E-state index in [1.54, 1.807) is 0 Å². The lowest BCUT2D eigenvalue weighted by atomic mass is 9.85. The Morgan fingerprint density at radius 1 is 1.05 bits per heavy atom. The van der Waals surface area contributed by atoms with Crippen molar-refractivity contribution in [1.29, 1.82) is 5.41 Å². The highest BCUT2D eigenvalue weighted by Crippen LogP contribution is 2.35. The molecule has 3 aromatic rings. The van der Waals surface area contributed by atoms with Crippen LogP contribution in [0.3, 0.4) is 0 Å². The van der Waals surface area contributed by atoms with E-state index in [0.29, 0.717) is 62.3 Å². The van der Waals surface area contributed by atoms with Crippen LogP contribution in [0.5, 0.6) is 0 Å². The first-order valence-electron chi connectivity index (χ1n) is 14.7.